The Balaban J connectivity index is 1.81. The van der Waals surface area contributed by atoms with Crippen LogP contribution >= 0.6 is 0 Å². The number of nitrogens with one attached hydrogen (secondary N) is 1. The quantitative estimate of drug-likeness (QED) is 0.514. The van der Waals surface area contributed by atoms with E-state index in [4.69, 9.17) is 9.47 Å². The molecule has 0 atom stereocenters. The second-order valence-corrected chi connectivity index (χ2v) is 6.63. The predicted octanol–water partition coefficient (Wildman–Crippen LogP) is 3.51. The van der Waals surface area contributed by atoms with Gasteiger partial charge in [-0.25, -0.2) is 9.59 Å². The lowest BCUT2D eigenvalue weighted by Crippen LogP contribution is -2.21. The highest BCUT2D eigenvalue weighted by Crippen LogP contribution is 2.13. The third-order valence-corrected chi connectivity index (χ3v) is 4.09. The van der Waals surface area contributed by atoms with E-state index in [0.29, 0.717) is 23.4 Å². The Labute approximate surface area is 170 Å². The molecule has 1 N–H and O–H groups in total. The summed E-state index contributed by atoms with van der Waals surface area (Å²) in [5.74, 6) is -1.44. The van der Waals surface area contributed by atoms with Crippen LogP contribution in [0.15, 0.2) is 48.5 Å². The summed E-state index contributed by atoms with van der Waals surface area (Å²) >= 11 is 0. The molecule has 0 aliphatic heterocycles. The SMILES string of the molecule is CCCCOC(=O)c1ccc(NC(=O)COC(=O)c2ccc(N(C)C)cc2)cc1. The topological polar surface area (TPSA) is 84.9 Å². The van der Waals surface area contributed by atoms with Crippen LogP contribution in [0.5, 0.6) is 0 Å². The zero-order valence-corrected chi connectivity index (χ0v) is 16.9. The van der Waals surface area contributed by atoms with Gasteiger partial charge >= 0.3 is 11.9 Å². The lowest BCUT2D eigenvalue weighted by molar-refractivity contribution is -0.119. The summed E-state index contributed by atoms with van der Waals surface area (Å²) in [7, 11) is 3.80. The fourth-order valence-corrected chi connectivity index (χ4v) is 2.39. The van der Waals surface area contributed by atoms with Crippen molar-refractivity contribution in [3.05, 3.63) is 59.7 Å². The van der Waals surface area contributed by atoms with Crippen LogP contribution in [0.25, 0.3) is 0 Å². The minimum Gasteiger partial charge on any atom is -0.462 e. The largest absolute Gasteiger partial charge is 0.462 e. The Morgan fingerprint density at radius 2 is 1.41 bits per heavy atom. The first-order chi connectivity index (χ1) is 13.9. The van der Waals surface area contributed by atoms with Gasteiger partial charge in [0.1, 0.15) is 0 Å². The van der Waals surface area contributed by atoms with Crippen molar-refractivity contribution >= 4 is 29.2 Å². The summed E-state index contributed by atoms with van der Waals surface area (Å²) in [5, 5.41) is 2.62. The van der Waals surface area contributed by atoms with Crippen LogP contribution in [0.1, 0.15) is 40.5 Å². The number of carbonyl (C=O) groups excluding carboxylic acids is 3. The van der Waals surface area contributed by atoms with E-state index >= 15 is 0 Å². The normalized spacial score (nSPS) is 10.2. The molecule has 0 unspecified atom stereocenters. The van der Waals surface area contributed by atoms with Gasteiger partial charge in [-0.3, -0.25) is 4.79 Å². The minimum absolute atomic E-state index is 0.370. The van der Waals surface area contributed by atoms with E-state index in [1.54, 1.807) is 48.5 Å². The third-order valence-electron chi connectivity index (χ3n) is 4.09. The Morgan fingerprint density at radius 1 is 0.862 bits per heavy atom. The molecule has 2 rings (SSSR count). The number of hydrogen-bond donors (Lipinski definition) is 1. The van der Waals surface area contributed by atoms with Crippen LogP contribution in [0.2, 0.25) is 0 Å². The average Bonchev–Trinajstić information content (AvgIpc) is 2.72. The van der Waals surface area contributed by atoms with Crippen molar-refractivity contribution < 1.29 is 23.9 Å². The highest BCUT2D eigenvalue weighted by Gasteiger charge is 2.12. The molecular formula is C22H26N2O5. The molecule has 0 heterocycles. The molecule has 154 valence electrons. The number of unbranched alkanes of at least 4 members (excludes halogenated alkanes) is 1. The van der Waals surface area contributed by atoms with Crippen LogP contribution in [-0.2, 0) is 14.3 Å². The molecule has 0 fully saturated rings. The molecule has 2 aromatic carbocycles. The number of anilines is 2. The van der Waals surface area contributed by atoms with Crippen molar-refractivity contribution in [3.63, 3.8) is 0 Å². The molecule has 7 nitrogen and oxygen atoms in total. The summed E-state index contributed by atoms with van der Waals surface area (Å²) in [6.45, 7) is 2.00. The van der Waals surface area contributed by atoms with E-state index in [0.717, 1.165) is 18.5 Å². The number of amides is 1. The number of nitrogens with zero attached hydrogens (tertiary/aromatic N) is 1. The highest BCUT2D eigenvalue weighted by atomic mass is 16.5. The standard InChI is InChI=1S/C22H26N2O5/c1-4-5-14-28-21(26)16-6-10-18(11-7-16)23-20(25)15-29-22(27)17-8-12-19(13-9-17)24(2)3/h6-13H,4-5,14-15H2,1-3H3,(H,23,25). The van der Waals surface area contributed by atoms with E-state index in [1.165, 1.54) is 0 Å². The molecule has 0 aliphatic carbocycles. The summed E-state index contributed by atoms with van der Waals surface area (Å²) in [6, 6.07) is 13.2. The summed E-state index contributed by atoms with van der Waals surface area (Å²) < 4.78 is 10.2. The number of rotatable bonds is 9. The van der Waals surface area contributed by atoms with Gasteiger partial charge in [-0.2, -0.15) is 0 Å². The number of benzene rings is 2. The van der Waals surface area contributed by atoms with E-state index in [2.05, 4.69) is 5.32 Å². The Morgan fingerprint density at radius 3 is 1.97 bits per heavy atom. The molecule has 7 heteroatoms. The van der Waals surface area contributed by atoms with E-state index in [9.17, 15) is 14.4 Å². The maximum absolute atomic E-state index is 12.0. The maximum Gasteiger partial charge on any atom is 0.338 e. The first kappa shape index (κ1) is 21.9. The zero-order valence-electron chi connectivity index (χ0n) is 16.9. The van der Waals surface area contributed by atoms with E-state index in [1.807, 2.05) is 25.9 Å². The number of ether oxygens (including phenoxy) is 2. The van der Waals surface area contributed by atoms with Gasteiger partial charge in [0.15, 0.2) is 6.61 Å². The van der Waals surface area contributed by atoms with Crippen molar-refractivity contribution in [1.29, 1.82) is 0 Å². The lowest BCUT2D eigenvalue weighted by atomic mass is 10.2. The lowest BCUT2D eigenvalue weighted by Gasteiger charge is -2.12. The molecular weight excluding hydrogens is 372 g/mol. The van der Waals surface area contributed by atoms with Crippen LogP contribution in [0.3, 0.4) is 0 Å². The predicted molar refractivity (Wildman–Crippen MR) is 111 cm³/mol. The Kier molecular flexibility index (Phi) is 8.21. The summed E-state index contributed by atoms with van der Waals surface area (Å²) in [4.78, 5) is 37.8. The van der Waals surface area contributed by atoms with E-state index < -0.39 is 24.5 Å². The van der Waals surface area contributed by atoms with E-state index in [-0.39, 0.29) is 0 Å². The smallest absolute Gasteiger partial charge is 0.338 e. The van der Waals surface area contributed by atoms with Gasteiger partial charge in [-0.1, -0.05) is 13.3 Å². The molecule has 2 aromatic rings. The van der Waals surface area contributed by atoms with Gasteiger partial charge in [0, 0.05) is 25.5 Å². The first-order valence-corrected chi connectivity index (χ1v) is 9.42. The average molecular weight is 398 g/mol. The van der Waals surface area contributed by atoms with Gasteiger partial charge in [0.05, 0.1) is 17.7 Å². The Hall–Kier alpha value is -3.35. The van der Waals surface area contributed by atoms with Crippen LogP contribution < -0.4 is 10.2 Å². The second kappa shape index (κ2) is 10.8. The van der Waals surface area contributed by atoms with Crippen molar-refractivity contribution in [1.82, 2.24) is 0 Å². The molecule has 0 aliphatic rings. The fraction of sp³-hybridized carbons (Fsp3) is 0.318. The molecule has 1 amide bonds. The molecule has 0 bridgehead atoms. The van der Waals surface area contributed by atoms with Crippen LogP contribution in [0.4, 0.5) is 11.4 Å². The van der Waals surface area contributed by atoms with Crippen molar-refractivity contribution in [3.8, 4) is 0 Å². The molecule has 0 aromatic heterocycles. The van der Waals surface area contributed by atoms with Gasteiger partial charge in [-0.15, -0.1) is 0 Å². The minimum atomic E-state index is -0.573. The second-order valence-electron chi connectivity index (χ2n) is 6.63. The monoisotopic (exact) mass is 398 g/mol. The molecule has 0 saturated carbocycles. The first-order valence-electron chi connectivity index (χ1n) is 9.42. The van der Waals surface area contributed by atoms with Gasteiger partial charge in [-0.05, 0) is 55.0 Å². The molecule has 0 saturated heterocycles. The van der Waals surface area contributed by atoms with Crippen LogP contribution in [-0.4, -0.2) is 45.2 Å². The van der Waals surface area contributed by atoms with Crippen molar-refractivity contribution in [2.75, 3.05) is 37.5 Å². The van der Waals surface area contributed by atoms with Crippen molar-refractivity contribution in [2.45, 2.75) is 19.8 Å². The van der Waals surface area contributed by atoms with Gasteiger partial charge in [0.25, 0.3) is 5.91 Å². The summed E-state index contributed by atoms with van der Waals surface area (Å²) in [5.41, 5.74) is 2.23. The molecule has 29 heavy (non-hydrogen) atoms. The third kappa shape index (κ3) is 6.95. The highest BCUT2D eigenvalue weighted by molar-refractivity contribution is 5.96. The molecule has 0 radical (unpaired) electrons. The Bertz CT molecular complexity index is 829. The zero-order chi connectivity index (χ0) is 21.2. The maximum atomic E-state index is 12.0. The van der Waals surface area contributed by atoms with Gasteiger partial charge < -0.3 is 19.7 Å². The number of esters is 2. The number of carbonyl (C=O) groups is 3. The van der Waals surface area contributed by atoms with Crippen molar-refractivity contribution in [2.24, 2.45) is 0 Å². The summed E-state index contributed by atoms with van der Waals surface area (Å²) in [6.07, 6.45) is 1.77. The fourth-order valence-electron chi connectivity index (χ4n) is 2.39. The molecule has 0 spiro atoms. The van der Waals surface area contributed by atoms with Gasteiger partial charge in [0.2, 0.25) is 0 Å². The van der Waals surface area contributed by atoms with Crippen LogP contribution in [0, 0.1) is 0 Å². The number of hydrogen-bond acceptors (Lipinski definition) is 6.